The van der Waals surface area contributed by atoms with Crippen LogP contribution in [-0.4, -0.2) is 44.2 Å². The van der Waals surface area contributed by atoms with Crippen LogP contribution in [0.15, 0.2) is 53.1 Å². The number of ether oxygens (including phenoxy) is 2. The summed E-state index contributed by atoms with van der Waals surface area (Å²) in [6, 6.07) is 13.7. The van der Waals surface area contributed by atoms with E-state index >= 15 is 0 Å². The minimum atomic E-state index is -0.242. The summed E-state index contributed by atoms with van der Waals surface area (Å²) >= 11 is 1.58. The number of furan rings is 1. The molecule has 0 saturated carbocycles. The van der Waals surface area contributed by atoms with Crippen LogP contribution in [0, 0.1) is 6.92 Å². The number of morpholine rings is 1. The Labute approximate surface area is 174 Å². The second-order valence-corrected chi connectivity index (χ2v) is 8.15. The molecular formula is C22H24N2O4S. The van der Waals surface area contributed by atoms with Crippen molar-refractivity contribution in [2.45, 2.75) is 13.0 Å². The van der Waals surface area contributed by atoms with Gasteiger partial charge in [0.1, 0.15) is 10.8 Å². The molecule has 3 aromatic rings. The van der Waals surface area contributed by atoms with Crippen molar-refractivity contribution >= 4 is 22.2 Å². The van der Waals surface area contributed by atoms with E-state index in [9.17, 15) is 4.79 Å². The van der Waals surface area contributed by atoms with Crippen molar-refractivity contribution in [3.8, 4) is 5.75 Å². The fourth-order valence-corrected chi connectivity index (χ4v) is 4.56. The normalized spacial score (nSPS) is 15.8. The van der Waals surface area contributed by atoms with Gasteiger partial charge >= 0.3 is 0 Å². The Morgan fingerprint density at radius 3 is 2.62 bits per heavy atom. The molecule has 1 aliphatic rings. The molecule has 1 amide bonds. The highest BCUT2D eigenvalue weighted by molar-refractivity contribution is 7.16. The molecule has 3 heterocycles. The second kappa shape index (κ2) is 8.82. The maximum atomic E-state index is 12.6. The van der Waals surface area contributed by atoms with Gasteiger partial charge in [0, 0.05) is 23.5 Å². The largest absolute Gasteiger partial charge is 0.497 e. The number of nitrogens with one attached hydrogen (secondary N) is 1. The van der Waals surface area contributed by atoms with E-state index in [2.05, 4.69) is 35.3 Å². The van der Waals surface area contributed by atoms with Crippen LogP contribution in [0.25, 0.3) is 0 Å². The van der Waals surface area contributed by atoms with Crippen molar-refractivity contribution in [2.75, 3.05) is 38.7 Å². The van der Waals surface area contributed by atoms with Crippen LogP contribution in [-0.2, 0) is 4.74 Å². The van der Waals surface area contributed by atoms with E-state index in [1.807, 2.05) is 12.1 Å². The van der Waals surface area contributed by atoms with Gasteiger partial charge in [0.15, 0.2) is 5.76 Å². The third kappa shape index (κ3) is 4.37. The molecule has 4 rings (SSSR count). The number of rotatable bonds is 6. The average Bonchev–Trinajstić information content (AvgIpc) is 3.40. The molecule has 1 fully saturated rings. The van der Waals surface area contributed by atoms with Crippen molar-refractivity contribution in [1.29, 1.82) is 0 Å². The smallest absolute Gasteiger partial charge is 0.291 e. The number of amides is 1. The summed E-state index contributed by atoms with van der Waals surface area (Å²) in [6.45, 7) is 5.11. The summed E-state index contributed by atoms with van der Waals surface area (Å²) in [5.74, 6) is 0.880. The van der Waals surface area contributed by atoms with Crippen LogP contribution in [0.5, 0.6) is 5.75 Å². The number of methoxy groups -OCH3 is 1. The molecule has 1 aromatic carbocycles. The monoisotopic (exact) mass is 412 g/mol. The predicted molar refractivity (Wildman–Crippen MR) is 113 cm³/mol. The van der Waals surface area contributed by atoms with Gasteiger partial charge < -0.3 is 19.2 Å². The molecule has 0 radical (unpaired) electrons. The minimum Gasteiger partial charge on any atom is -0.497 e. The van der Waals surface area contributed by atoms with Crippen molar-refractivity contribution in [3.63, 3.8) is 0 Å². The molecule has 152 valence electrons. The van der Waals surface area contributed by atoms with Gasteiger partial charge in [-0.2, -0.15) is 0 Å². The van der Waals surface area contributed by atoms with Crippen molar-refractivity contribution in [3.05, 3.63) is 70.5 Å². The number of nitrogens with zero attached hydrogens (tertiary/aromatic N) is 1. The quantitative estimate of drug-likeness (QED) is 0.653. The van der Waals surface area contributed by atoms with E-state index in [0.717, 1.165) is 39.8 Å². The number of aryl methyl sites for hydroxylation is 1. The van der Waals surface area contributed by atoms with Crippen LogP contribution in [0.3, 0.4) is 0 Å². The SMILES string of the molecule is COc1ccc([C@@H](c2cc(C)sc2NC(=O)c2ccco2)N2CCOCC2)cc1. The highest BCUT2D eigenvalue weighted by Crippen LogP contribution is 2.39. The summed E-state index contributed by atoms with van der Waals surface area (Å²) < 4.78 is 16.1. The highest BCUT2D eigenvalue weighted by Gasteiger charge is 2.28. The zero-order valence-corrected chi connectivity index (χ0v) is 17.3. The summed E-state index contributed by atoms with van der Waals surface area (Å²) in [6.07, 6.45) is 1.50. The number of benzene rings is 1. The van der Waals surface area contributed by atoms with E-state index < -0.39 is 0 Å². The zero-order chi connectivity index (χ0) is 20.2. The van der Waals surface area contributed by atoms with E-state index in [1.165, 1.54) is 6.26 Å². The summed E-state index contributed by atoms with van der Waals surface area (Å²) in [4.78, 5) is 16.1. The van der Waals surface area contributed by atoms with Gasteiger partial charge in [0.05, 0.1) is 32.6 Å². The number of thiophene rings is 1. The van der Waals surface area contributed by atoms with Gasteiger partial charge in [-0.05, 0) is 42.8 Å². The first kappa shape index (κ1) is 19.7. The van der Waals surface area contributed by atoms with E-state index in [4.69, 9.17) is 13.9 Å². The van der Waals surface area contributed by atoms with E-state index in [0.29, 0.717) is 19.0 Å². The topological polar surface area (TPSA) is 63.9 Å². The van der Waals surface area contributed by atoms with Gasteiger partial charge in [-0.15, -0.1) is 11.3 Å². The first-order chi connectivity index (χ1) is 14.2. The van der Waals surface area contributed by atoms with E-state index in [1.54, 1.807) is 30.6 Å². The molecule has 0 spiro atoms. The Morgan fingerprint density at radius 1 is 1.21 bits per heavy atom. The summed E-state index contributed by atoms with van der Waals surface area (Å²) in [5, 5.41) is 3.89. The van der Waals surface area contributed by atoms with Crippen LogP contribution >= 0.6 is 11.3 Å². The van der Waals surface area contributed by atoms with Crippen LogP contribution in [0.4, 0.5) is 5.00 Å². The lowest BCUT2D eigenvalue weighted by Crippen LogP contribution is -2.39. The maximum Gasteiger partial charge on any atom is 0.291 e. The van der Waals surface area contributed by atoms with Gasteiger partial charge in [-0.1, -0.05) is 12.1 Å². The molecule has 1 aliphatic heterocycles. The number of carbonyl (C=O) groups is 1. The van der Waals surface area contributed by atoms with Gasteiger partial charge in [-0.25, -0.2) is 0 Å². The predicted octanol–water partition coefficient (Wildman–Crippen LogP) is 4.33. The lowest BCUT2D eigenvalue weighted by Gasteiger charge is -2.35. The van der Waals surface area contributed by atoms with Gasteiger partial charge in [0.25, 0.3) is 5.91 Å². The summed E-state index contributed by atoms with van der Waals surface area (Å²) in [7, 11) is 1.67. The van der Waals surface area contributed by atoms with E-state index in [-0.39, 0.29) is 11.9 Å². The molecular weight excluding hydrogens is 388 g/mol. The van der Waals surface area contributed by atoms with Crippen LogP contribution in [0.2, 0.25) is 0 Å². The molecule has 2 aromatic heterocycles. The second-order valence-electron chi connectivity index (χ2n) is 6.90. The van der Waals surface area contributed by atoms with Gasteiger partial charge in [0.2, 0.25) is 0 Å². The third-order valence-corrected chi connectivity index (χ3v) is 5.97. The lowest BCUT2D eigenvalue weighted by molar-refractivity contribution is 0.0241. The molecule has 1 saturated heterocycles. The number of hydrogen-bond donors (Lipinski definition) is 1. The van der Waals surface area contributed by atoms with Crippen molar-refractivity contribution in [1.82, 2.24) is 4.90 Å². The highest BCUT2D eigenvalue weighted by atomic mass is 32.1. The molecule has 1 N–H and O–H groups in total. The first-order valence-corrected chi connectivity index (χ1v) is 10.4. The number of hydrogen-bond acceptors (Lipinski definition) is 6. The minimum absolute atomic E-state index is 0.0154. The van der Waals surface area contributed by atoms with Crippen molar-refractivity contribution < 1.29 is 18.7 Å². The maximum absolute atomic E-state index is 12.6. The molecule has 6 nitrogen and oxygen atoms in total. The Morgan fingerprint density at radius 2 is 1.97 bits per heavy atom. The number of carbonyl (C=O) groups excluding carboxylic acids is 1. The molecule has 29 heavy (non-hydrogen) atoms. The Bertz CT molecular complexity index is 944. The number of anilines is 1. The molecule has 7 heteroatoms. The molecule has 0 bridgehead atoms. The Kier molecular flexibility index (Phi) is 5.99. The molecule has 0 unspecified atom stereocenters. The zero-order valence-electron chi connectivity index (χ0n) is 16.5. The fraction of sp³-hybridized carbons (Fsp3) is 0.318. The standard InChI is InChI=1S/C22H24N2O4S/c1-15-14-18(22(29-15)23-21(25)19-4-3-11-28-19)20(24-9-12-27-13-10-24)16-5-7-17(26-2)8-6-16/h3-8,11,14,20H,9-10,12-13H2,1-2H3,(H,23,25)/t20-/m0/s1. The first-order valence-electron chi connectivity index (χ1n) is 9.56. The molecule has 0 aliphatic carbocycles. The Balaban J connectivity index is 1.70. The Hall–Kier alpha value is -2.61. The third-order valence-electron chi connectivity index (χ3n) is 4.99. The summed E-state index contributed by atoms with van der Waals surface area (Å²) in [5.41, 5.74) is 2.23. The fourth-order valence-electron chi connectivity index (χ4n) is 3.62. The average molecular weight is 413 g/mol. The van der Waals surface area contributed by atoms with Crippen LogP contribution in [0.1, 0.15) is 32.6 Å². The van der Waals surface area contributed by atoms with Crippen molar-refractivity contribution in [2.24, 2.45) is 0 Å². The molecule has 1 atom stereocenters. The lowest BCUT2D eigenvalue weighted by atomic mass is 9.97. The van der Waals surface area contributed by atoms with Gasteiger partial charge in [-0.3, -0.25) is 9.69 Å². The van der Waals surface area contributed by atoms with Crippen LogP contribution < -0.4 is 10.1 Å².